The van der Waals surface area contributed by atoms with Crippen molar-refractivity contribution in [1.82, 2.24) is 9.97 Å². The monoisotopic (exact) mass is 315 g/mol. The van der Waals surface area contributed by atoms with E-state index in [1.807, 2.05) is 20.0 Å². The van der Waals surface area contributed by atoms with Gasteiger partial charge in [-0.25, -0.2) is 9.97 Å². The molecule has 0 saturated carbocycles. The molecule has 0 atom stereocenters. The van der Waals surface area contributed by atoms with Crippen molar-refractivity contribution in [3.05, 3.63) is 27.9 Å². The summed E-state index contributed by atoms with van der Waals surface area (Å²) >= 11 is 2.23. The highest BCUT2D eigenvalue weighted by Crippen LogP contribution is 2.23. The van der Waals surface area contributed by atoms with Crippen LogP contribution in [0.5, 0.6) is 0 Å². The summed E-state index contributed by atoms with van der Waals surface area (Å²) in [5.41, 5.74) is 1.86. The first-order valence-electron chi connectivity index (χ1n) is 4.47. The van der Waals surface area contributed by atoms with E-state index in [2.05, 4.69) is 37.9 Å². The molecule has 4 nitrogen and oxygen atoms in total. The molecule has 0 aliphatic carbocycles. The molecule has 2 heterocycles. The smallest absolute Gasteiger partial charge is 0.165 e. The van der Waals surface area contributed by atoms with Crippen LogP contribution in [0.4, 0.5) is 5.82 Å². The average molecular weight is 315 g/mol. The van der Waals surface area contributed by atoms with Crippen molar-refractivity contribution in [3.8, 4) is 11.4 Å². The zero-order valence-electron chi connectivity index (χ0n) is 8.41. The van der Waals surface area contributed by atoms with Gasteiger partial charge >= 0.3 is 0 Å². The van der Waals surface area contributed by atoms with Crippen LogP contribution in [0.15, 0.2) is 23.0 Å². The van der Waals surface area contributed by atoms with E-state index in [4.69, 9.17) is 4.42 Å². The quantitative estimate of drug-likeness (QED) is 0.866. The Hall–Kier alpha value is -1.11. The number of anilines is 1. The van der Waals surface area contributed by atoms with Crippen molar-refractivity contribution >= 4 is 28.4 Å². The van der Waals surface area contributed by atoms with Crippen LogP contribution in [0.1, 0.15) is 5.69 Å². The zero-order valence-corrected chi connectivity index (χ0v) is 10.6. The first-order valence-corrected chi connectivity index (χ1v) is 5.54. The van der Waals surface area contributed by atoms with Crippen LogP contribution in [0, 0.1) is 10.5 Å². The molecule has 0 amide bonds. The minimum absolute atomic E-state index is 0.686. The molecule has 5 heteroatoms. The predicted molar refractivity (Wildman–Crippen MR) is 66.7 cm³/mol. The second-order valence-electron chi connectivity index (χ2n) is 3.06. The predicted octanol–water partition coefficient (Wildman–Crippen LogP) is 2.69. The van der Waals surface area contributed by atoms with E-state index in [1.165, 1.54) is 0 Å². The van der Waals surface area contributed by atoms with E-state index >= 15 is 0 Å². The molecule has 0 aliphatic heterocycles. The molecule has 15 heavy (non-hydrogen) atoms. The number of hydrogen-bond acceptors (Lipinski definition) is 4. The van der Waals surface area contributed by atoms with Crippen LogP contribution in [-0.4, -0.2) is 17.0 Å². The fourth-order valence-electron chi connectivity index (χ4n) is 1.25. The van der Waals surface area contributed by atoms with Crippen LogP contribution in [0.25, 0.3) is 11.4 Å². The number of rotatable bonds is 2. The third kappa shape index (κ3) is 1.97. The molecule has 78 valence electrons. The summed E-state index contributed by atoms with van der Waals surface area (Å²) in [5.74, 6) is 1.53. The highest BCUT2D eigenvalue weighted by atomic mass is 127. The Morgan fingerprint density at radius 1 is 1.40 bits per heavy atom. The Bertz CT molecular complexity index is 468. The molecule has 0 saturated heterocycles. The first kappa shape index (κ1) is 10.4. The summed E-state index contributed by atoms with van der Waals surface area (Å²) in [6.45, 7) is 1.97. The van der Waals surface area contributed by atoms with Gasteiger partial charge in [0.05, 0.1) is 21.1 Å². The summed E-state index contributed by atoms with van der Waals surface area (Å²) < 4.78 is 6.05. The summed E-state index contributed by atoms with van der Waals surface area (Å²) in [5, 5.41) is 3.05. The van der Waals surface area contributed by atoms with Crippen LogP contribution in [0.2, 0.25) is 0 Å². The molecule has 1 N–H and O–H groups in total. The van der Waals surface area contributed by atoms with E-state index < -0.39 is 0 Å². The average Bonchev–Trinajstić information content (AvgIpc) is 2.75. The Morgan fingerprint density at radius 2 is 2.20 bits per heavy atom. The standard InChI is InChI=1S/C10H10IN3O/c1-6-8(11)10(12-2)14-9(13-6)7-3-4-15-5-7/h3-5H,1-2H3,(H,12,13,14). The van der Waals surface area contributed by atoms with Gasteiger partial charge in [-0.05, 0) is 35.6 Å². The summed E-state index contributed by atoms with van der Waals surface area (Å²) in [6.07, 6.45) is 3.26. The number of aryl methyl sites for hydroxylation is 1. The van der Waals surface area contributed by atoms with E-state index in [0.29, 0.717) is 5.82 Å². The van der Waals surface area contributed by atoms with Gasteiger partial charge in [0.2, 0.25) is 0 Å². The molecule has 0 aliphatic rings. The third-order valence-electron chi connectivity index (χ3n) is 2.03. The lowest BCUT2D eigenvalue weighted by molar-refractivity contribution is 0.568. The van der Waals surface area contributed by atoms with Crippen molar-refractivity contribution in [2.75, 3.05) is 12.4 Å². The highest BCUT2D eigenvalue weighted by molar-refractivity contribution is 14.1. The van der Waals surface area contributed by atoms with Gasteiger partial charge in [-0.3, -0.25) is 0 Å². The maximum atomic E-state index is 5.01. The molecule has 2 aromatic heterocycles. The van der Waals surface area contributed by atoms with Crippen LogP contribution >= 0.6 is 22.6 Å². The lowest BCUT2D eigenvalue weighted by atomic mass is 10.3. The van der Waals surface area contributed by atoms with E-state index in [9.17, 15) is 0 Å². The van der Waals surface area contributed by atoms with Gasteiger partial charge in [-0.2, -0.15) is 0 Å². The number of aromatic nitrogens is 2. The topological polar surface area (TPSA) is 51.0 Å². The van der Waals surface area contributed by atoms with Crippen molar-refractivity contribution < 1.29 is 4.42 Å². The van der Waals surface area contributed by atoms with Gasteiger partial charge < -0.3 is 9.73 Å². The minimum Gasteiger partial charge on any atom is -0.472 e. The second-order valence-corrected chi connectivity index (χ2v) is 4.14. The molecule has 0 spiro atoms. The molecule has 0 radical (unpaired) electrons. The Labute approximate surface area is 101 Å². The van der Waals surface area contributed by atoms with Gasteiger partial charge in [0.25, 0.3) is 0 Å². The summed E-state index contributed by atoms with van der Waals surface area (Å²) in [4.78, 5) is 8.81. The first-order chi connectivity index (χ1) is 7.22. The van der Waals surface area contributed by atoms with Gasteiger partial charge in [0.1, 0.15) is 12.1 Å². The summed E-state index contributed by atoms with van der Waals surface area (Å²) in [6, 6.07) is 1.85. The number of hydrogen-bond donors (Lipinski definition) is 1. The van der Waals surface area contributed by atoms with Crippen molar-refractivity contribution in [2.24, 2.45) is 0 Å². The van der Waals surface area contributed by atoms with Gasteiger partial charge in [0, 0.05) is 7.05 Å². The SMILES string of the molecule is CNc1nc(-c2ccoc2)nc(C)c1I. The third-order valence-corrected chi connectivity index (χ3v) is 3.32. The highest BCUT2D eigenvalue weighted by Gasteiger charge is 2.09. The normalized spacial score (nSPS) is 10.3. The van der Waals surface area contributed by atoms with E-state index in [0.717, 1.165) is 20.6 Å². The largest absolute Gasteiger partial charge is 0.472 e. The maximum Gasteiger partial charge on any atom is 0.165 e. The number of furan rings is 1. The van der Waals surface area contributed by atoms with E-state index in [-0.39, 0.29) is 0 Å². The molecular weight excluding hydrogens is 305 g/mol. The van der Waals surface area contributed by atoms with Crippen molar-refractivity contribution in [1.29, 1.82) is 0 Å². The Kier molecular flexibility index (Phi) is 2.90. The molecule has 0 bridgehead atoms. The van der Waals surface area contributed by atoms with Crippen molar-refractivity contribution in [2.45, 2.75) is 6.92 Å². The zero-order chi connectivity index (χ0) is 10.8. The number of halogens is 1. The fourth-order valence-corrected chi connectivity index (χ4v) is 1.76. The lowest BCUT2D eigenvalue weighted by Gasteiger charge is -2.07. The molecule has 0 aromatic carbocycles. The van der Waals surface area contributed by atoms with E-state index in [1.54, 1.807) is 12.5 Å². The molecule has 2 aromatic rings. The van der Waals surface area contributed by atoms with Crippen LogP contribution in [0.3, 0.4) is 0 Å². The number of nitrogens with zero attached hydrogens (tertiary/aromatic N) is 2. The fraction of sp³-hybridized carbons (Fsp3) is 0.200. The van der Waals surface area contributed by atoms with Gasteiger partial charge in [-0.15, -0.1) is 0 Å². The second kappa shape index (κ2) is 4.18. The molecule has 2 rings (SSSR count). The van der Waals surface area contributed by atoms with Crippen molar-refractivity contribution in [3.63, 3.8) is 0 Å². The minimum atomic E-state index is 0.686. The molecule has 0 unspecified atom stereocenters. The van der Waals surface area contributed by atoms with Gasteiger partial charge in [-0.1, -0.05) is 0 Å². The molecular formula is C10H10IN3O. The Morgan fingerprint density at radius 3 is 2.80 bits per heavy atom. The van der Waals surface area contributed by atoms with Crippen LogP contribution in [-0.2, 0) is 0 Å². The van der Waals surface area contributed by atoms with Gasteiger partial charge in [0.15, 0.2) is 5.82 Å². The lowest BCUT2D eigenvalue weighted by Crippen LogP contribution is -2.02. The molecule has 0 fully saturated rings. The number of nitrogens with one attached hydrogen (secondary N) is 1. The maximum absolute atomic E-state index is 5.01. The summed E-state index contributed by atoms with van der Waals surface area (Å²) in [7, 11) is 1.85. The Balaban J connectivity index is 2.55. The van der Waals surface area contributed by atoms with Crippen LogP contribution < -0.4 is 5.32 Å².